The number of sulfonamides is 1. The quantitative estimate of drug-likeness (QED) is 0.794. The number of benzene rings is 2. The fourth-order valence-electron chi connectivity index (χ4n) is 3.53. The molecule has 1 aliphatic rings. The van der Waals surface area contributed by atoms with E-state index in [2.05, 4.69) is 0 Å². The third-order valence-corrected chi connectivity index (χ3v) is 6.56. The second-order valence-corrected chi connectivity index (χ2v) is 8.68. The molecule has 4 nitrogen and oxygen atoms in total. The van der Waals surface area contributed by atoms with E-state index in [1.54, 1.807) is 67.6 Å². The van der Waals surface area contributed by atoms with Crippen LogP contribution < -0.4 is 0 Å². The fourth-order valence-corrected chi connectivity index (χ4v) is 4.59. The normalized spacial score (nSPS) is 23.6. The summed E-state index contributed by atoms with van der Waals surface area (Å²) in [6.07, 6.45) is 0.148. The Morgan fingerprint density at radius 2 is 1.56 bits per heavy atom. The van der Waals surface area contributed by atoms with Gasteiger partial charge in [0.15, 0.2) is 0 Å². The molecule has 1 saturated heterocycles. The third-order valence-electron chi connectivity index (χ3n) is 5.08. The molecule has 0 unspecified atom stereocenters. The van der Waals surface area contributed by atoms with E-state index in [1.165, 1.54) is 0 Å². The van der Waals surface area contributed by atoms with E-state index in [-0.39, 0.29) is 10.7 Å². The number of hydrogen-bond donors (Lipinski definition) is 0. The number of halogens is 3. The molecular formula is C19H18F3NO3S. The molecule has 0 aromatic heterocycles. The molecule has 144 valence electrons. The lowest BCUT2D eigenvalue weighted by atomic mass is 9.71. The van der Waals surface area contributed by atoms with Crippen LogP contribution in [0.4, 0.5) is 13.2 Å². The van der Waals surface area contributed by atoms with Crippen LogP contribution in [0.15, 0.2) is 60.7 Å². The number of hydrogen-bond acceptors (Lipinski definition) is 3. The molecule has 1 amide bonds. The Bertz CT molecular complexity index is 930. The summed E-state index contributed by atoms with van der Waals surface area (Å²) in [5.41, 5.74) is -5.22. The molecule has 27 heavy (non-hydrogen) atoms. The van der Waals surface area contributed by atoms with Gasteiger partial charge in [-0.2, -0.15) is 21.6 Å². The fraction of sp³-hybridized carbons (Fsp3) is 0.316. The van der Waals surface area contributed by atoms with Crippen molar-refractivity contribution in [2.45, 2.75) is 24.3 Å². The monoisotopic (exact) mass is 397 g/mol. The summed E-state index contributed by atoms with van der Waals surface area (Å²) in [6.45, 7) is 1.09. The van der Waals surface area contributed by atoms with Gasteiger partial charge in [-0.05, 0) is 17.5 Å². The van der Waals surface area contributed by atoms with Crippen LogP contribution >= 0.6 is 0 Å². The van der Waals surface area contributed by atoms with E-state index >= 15 is 0 Å². The van der Waals surface area contributed by atoms with Gasteiger partial charge in [0.05, 0.1) is 5.92 Å². The van der Waals surface area contributed by atoms with E-state index < -0.39 is 39.3 Å². The molecular weight excluding hydrogens is 379 g/mol. The van der Waals surface area contributed by atoms with Crippen LogP contribution in [0.1, 0.15) is 18.1 Å². The molecule has 0 aliphatic carbocycles. The van der Waals surface area contributed by atoms with Crippen LogP contribution in [0.2, 0.25) is 0 Å². The predicted octanol–water partition coefficient (Wildman–Crippen LogP) is 3.50. The summed E-state index contributed by atoms with van der Waals surface area (Å²) in [4.78, 5) is 12.8. The first-order chi connectivity index (χ1) is 12.6. The third kappa shape index (κ3) is 3.34. The van der Waals surface area contributed by atoms with Crippen LogP contribution in [0.3, 0.4) is 0 Å². The van der Waals surface area contributed by atoms with Gasteiger partial charge in [-0.1, -0.05) is 67.6 Å². The van der Waals surface area contributed by atoms with E-state index in [1.807, 2.05) is 0 Å². The Balaban J connectivity index is 2.08. The second kappa shape index (κ2) is 6.67. The first kappa shape index (κ1) is 19.4. The van der Waals surface area contributed by atoms with Gasteiger partial charge in [-0.25, -0.2) is 4.31 Å². The average Bonchev–Trinajstić information content (AvgIpc) is 2.89. The molecule has 8 heteroatoms. The highest BCUT2D eigenvalue weighted by atomic mass is 32.2. The number of carbonyl (C=O) groups excluding carboxylic acids is 1. The number of rotatable bonds is 4. The molecule has 1 aliphatic heterocycles. The zero-order valence-corrected chi connectivity index (χ0v) is 15.3. The molecule has 0 saturated carbocycles. The second-order valence-electron chi connectivity index (χ2n) is 6.82. The molecule has 3 rings (SSSR count). The van der Waals surface area contributed by atoms with Gasteiger partial charge in [-0.3, -0.25) is 4.79 Å². The minimum Gasteiger partial charge on any atom is -0.273 e. The number of carbonyl (C=O) groups is 1. The van der Waals surface area contributed by atoms with Crippen LogP contribution in [0, 0.1) is 5.92 Å². The van der Waals surface area contributed by atoms with Crippen LogP contribution in [0.25, 0.3) is 0 Å². The van der Waals surface area contributed by atoms with Crippen molar-refractivity contribution in [1.82, 2.24) is 4.31 Å². The molecule has 0 radical (unpaired) electrons. The minimum atomic E-state index is -5.75. The summed E-state index contributed by atoms with van der Waals surface area (Å²) in [5, 5.41) is 0. The van der Waals surface area contributed by atoms with E-state index in [0.717, 1.165) is 5.56 Å². The van der Waals surface area contributed by atoms with E-state index in [4.69, 9.17) is 0 Å². The summed E-state index contributed by atoms with van der Waals surface area (Å²) >= 11 is 0. The Labute approximate surface area is 155 Å². The largest absolute Gasteiger partial charge is 0.516 e. The number of alkyl halides is 3. The van der Waals surface area contributed by atoms with Gasteiger partial charge in [-0.15, -0.1) is 0 Å². The molecule has 2 aromatic carbocycles. The van der Waals surface area contributed by atoms with Gasteiger partial charge >= 0.3 is 15.5 Å². The Morgan fingerprint density at radius 1 is 1.04 bits per heavy atom. The first-order valence-electron chi connectivity index (χ1n) is 8.30. The van der Waals surface area contributed by atoms with Crippen molar-refractivity contribution in [3.05, 3.63) is 71.8 Å². The van der Waals surface area contributed by atoms with Gasteiger partial charge in [0.25, 0.3) is 0 Å². The summed E-state index contributed by atoms with van der Waals surface area (Å²) in [6, 6.07) is 17.4. The zero-order valence-electron chi connectivity index (χ0n) is 14.5. The lowest BCUT2D eigenvalue weighted by Crippen LogP contribution is -2.42. The van der Waals surface area contributed by atoms with Crippen LogP contribution in [-0.2, 0) is 26.7 Å². The maximum absolute atomic E-state index is 13.1. The van der Waals surface area contributed by atoms with Crippen molar-refractivity contribution < 1.29 is 26.4 Å². The van der Waals surface area contributed by atoms with E-state index in [0.29, 0.717) is 5.56 Å². The Morgan fingerprint density at radius 3 is 2.07 bits per heavy atom. The van der Waals surface area contributed by atoms with Crippen molar-refractivity contribution in [3.8, 4) is 0 Å². The van der Waals surface area contributed by atoms with E-state index in [9.17, 15) is 26.4 Å². The molecule has 0 bridgehead atoms. The SMILES string of the molecule is C[C@]1(c2ccccc2)CN(S(=O)(=O)C(F)(F)F)C(=O)[C@@H]1Cc1ccccc1. The highest BCUT2D eigenvalue weighted by Crippen LogP contribution is 2.44. The smallest absolute Gasteiger partial charge is 0.273 e. The summed E-state index contributed by atoms with van der Waals surface area (Å²) < 4.78 is 63.2. The van der Waals surface area contributed by atoms with Gasteiger partial charge in [0.2, 0.25) is 5.91 Å². The molecule has 1 fully saturated rings. The van der Waals surface area contributed by atoms with Gasteiger partial charge < -0.3 is 0 Å². The summed E-state index contributed by atoms with van der Waals surface area (Å²) in [5.74, 6) is -1.96. The predicted molar refractivity (Wildman–Crippen MR) is 94.1 cm³/mol. The zero-order chi connectivity index (χ0) is 19.9. The van der Waals surface area contributed by atoms with Crippen molar-refractivity contribution in [1.29, 1.82) is 0 Å². The Hall–Kier alpha value is -2.35. The maximum atomic E-state index is 13.1. The van der Waals surface area contributed by atoms with Gasteiger partial charge in [0.1, 0.15) is 0 Å². The van der Waals surface area contributed by atoms with Crippen molar-refractivity contribution in [2.24, 2.45) is 5.92 Å². The highest BCUT2D eigenvalue weighted by molar-refractivity contribution is 7.90. The van der Waals surface area contributed by atoms with Crippen LogP contribution in [-0.4, -0.2) is 30.7 Å². The molecule has 0 N–H and O–H groups in total. The molecule has 2 atom stereocenters. The standard InChI is InChI=1S/C19H18F3NO3S/c1-18(15-10-6-3-7-11-15)13-23(27(25,26)19(20,21)22)17(24)16(18)12-14-8-4-2-5-9-14/h2-11,16H,12-13H2,1H3/t16-,18+/m0/s1. The topological polar surface area (TPSA) is 54.5 Å². The Kier molecular flexibility index (Phi) is 4.80. The van der Waals surface area contributed by atoms with Crippen molar-refractivity contribution >= 4 is 15.9 Å². The molecule has 2 aromatic rings. The number of amides is 1. The van der Waals surface area contributed by atoms with Crippen molar-refractivity contribution in [2.75, 3.05) is 6.54 Å². The van der Waals surface area contributed by atoms with Crippen LogP contribution in [0.5, 0.6) is 0 Å². The summed E-state index contributed by atoms with van der Waals surface area (Å²) in [7, 11) is -5.75. The first-order valence-corrected chi connectivity index (χ1v) is 9.74. The maximum Gasteiger partial charge on any atom is 0.516 e. The lowest BCUT2D eigenvalue weighted by Gasteiger charge is -2.29. The average molecular weight is 397 g/mol. The molecule has 0 spiro atoms. The lowest BCUT2D eigenvalue weighted by molar-refractivity contribution is -0.128. The van der Waals surface area contributed by atoms with Crippen molar-refractivity contribution in [3.63, 3.8) is 0 Å². The van der Waals surface area contributed by atoms with Gasteiger partial charge in [0, 0.05) is 12.0 Å². The number of nitrogens with zero attached hydrogens (tertiary/aromatic N) is 1. The molecule has 1 heterocycles. The minimum absolute atomic E-state index is 0.00634. The highest BCUT2D eigenvalue weighted by Gasteiger charge is 2.60.